The molecule has 0 saturated carbocycles. The van der Waals surface area contributed by atoms with Crippen molar-refractivity contribution in [2.45, 2.75) is 0 Å². The van der Waals surface area contributed by atoms with Crippen molar-refractivity contribution in [3.05, 3.63) is 168 Å². The lowest BCUT2D eigenvalue weighted by Gasteiger charge is -2.14. The van der Waals surface area contributed by atoms with Gasteiger partial charge in [0, 0.05) is 38.2 Å². The van der Waals surface area contributed by atoms with Crippen LogP contribution < -0.4 is 5.56 Å². The van der Waals surface area contributed by atoms with E-state index in [1.807, 2.05) is 89.5 Å². The van der Waals surface area contributed by atoms with Gasteiger partial charge in [-0.05, 0) is 64.7 Å². The highest BCUT2D eigenvalue weighted by Gasteiger charge is 2.20. The molecule has 3 aromatic heterocycles. The molecule has 0 N–H and O–H groups in total. The molecule has 10 rings (SSSR count). The van der Waals surface area contributed by atoms with Gasteiger partial charge in [0.15, 0.2) is 0 Å². The molecule has 0 fully saturated rings. The standard InChI is InChI=1S/C43H26N4O/c48-42-35-26-33-28(25-34(35)30-17-8-11-21-37(30)46(42)29-15-5-2-6-16-29)23-24-39-40(33)32-19-9-12-22-38(32)47(39)43-44-36-20-10-7-18-31(36)41(45-43)27-13-3-1-4-14-27/h1-26H. The van der Waals surface area contributed by atoms with Crippen molar-refractivity contribution in [1.29, 1.82) is 0 Å². The third-order valence-corrected chi connectivity index (χ3v) is 9.51. The number of nitrogens with zero attached hydrogens (tertiary/aromatic N) is 4. The Balaban J connectivity index is 1.33. The Morgan fingerprint density at radius 2 is 1.08 bits per heavy atom. The Morgan fingerprint density at radius 1 is 0.438 bits per heavy atom. The van der Waals surface area contributed by atoms with E-state index < -0.39 is 0 Å². The Bertz CT molecular complexity index is 2960. The van der Waals surface area contributed by atoms with Crippen LogP contribution in [0.3, 0.4) is 0 Å². The van der Waals surface area contributed by atoms with Crippen LogP contribution in [0, 0.1) is 0 Å². The van der Waals surface area contributed by atoms with Crippen LogP contribution in [0.15, 0.2) is 163 Å². The molecule has 48 heavy (non-hydrogen) atoms. The Kier molecular flexibility index (Phi) is 5.66. The van der Waals surface area contributed by atoms with E-state index in [-0.39, 0.29) is 5.56 Å². The molecule has 0 aliphatic rings. The molecule has 224 valence electrons. The molecule has 7 aromatic carbocycles. The van der Waals surface area contributed by atoms with Gasteiger partial charge in [0.2, 0.25) is 5.95 Å². The molecule has 0 radical (unpaired) electrons. The second-order valence-corrected chi connectivity index (χ2v) is 12.2. The lowest BCUT2D eigenvalue weighted by molar-refractivity contribution is 1.01. The van der Waals surface area contributed by atoms with E-state index in [0.717, 1.165) is 76.7 Å². The van der Waals surface area contributed by atoms with Crippen LogP contribution in [0.25, 0.3) is 88.0 Å². The summed E-state index contributed by atoms with van der Waals surface area (Å²) in [6.07, 6.45) is 0. The van der Waals surface area contributed by atoms with E-state index in [0.29, 0.717) is 11.3 Å². The molecule has 0 amide bonds. The molecule has 0 unspecified atom stereocenters. The first-order chi connectivity index (χ1) is 23.7. The highest BCUT2D eigenvalue weighted by Crippen LogP contribution is 2.39. The van der Waals surface area contributed by atoms with E-state index >= 15 is 0 Å². The van der Waals surface area contributed by atoms with Crippen LogP contribution in [0.4, 0.5) is 0 Å². The predicted octanol–water partition coefficient (Wildman–Crippen LogP) is 10.0. The number of pyridine rings is 1. The maximum Gasteiger partial charge on any atom is 0.263 e. The molecule has 0 saturated heterocycles. The van der Waals surface area contributed by atoms with Crippen molar-refractivity contribution in [3.63, 3.8) is 0 Å². The van der Waals surface area contributed by atoms with E-state index in [4.69, 9.17) is 9.97 Å². The fourth-order valence-electron chi connectivity index (χ4n) is 7.40. The molecular weight excluding hydrogens is 589 g/mol. The smallest absolute Gasteiger partial charge is 0.263 e. The van der Waals surface area contributed by atoms with Gasteiger partial charge in [-0.2, -0.15) is 0 Å². The zero-order chi connectivity index (χ0) is 31.8. The van der Waals surface area contributed by atoms with Crippen LogP contribution in [-0.4, -0.2) is 19.1 Å². The Labute approximate surface area is 274 Å². The maximum atomic E-state index is 14.4. The Morgan fingerprint density at radius 3 is 1.88 bits per heavy atom. The number of hydrogen-bond donors (Lipinski definition) is 0. The van der Waals surface area contributed by atoms with Gasteiger partial charge in [0.05, 0.1) is 27.8 Å². The zero-order valence-electron chi connectivity index (χ0n) is 25.7. The number of aromatic nitrogens is 4. The van der Waals surface area contributed by atoms with Crippen molar-refractivity contribution >= 4 is 65.2 Å². The fraction of sp³-hybridized carbons (Fsp3) is 0. The largest absolute Gasteiger partial charge is 0.278 e. The van der Waals surface area contributed by atoms with Gasteiger partial charge in [-0.3, -0.25) is 13.9 Å². The molecule has 0 atom stereocenters. The summed E-state index contributed by atoms with van der Waals surface area (Å²) in [5.74, 6) is 0.608. The molecule has 0 spiro atoms. The normalized spacial score (nSPS) is 11.8. The summed E-state index contributed by atoms with van der Waals surface area (Å²) in [5, 5.41) is 7.92. The number of para-hydroxylation sites is 4. The maximum absolute atomic E-state index is 14.4. The van der Waals surface area contributed by atoms with Crippen molar-refractivity contribution in [3.8, 4) is 22.9 Å². The second kappa shape index (κ2) is 10.2. The second-order valence-electron chi connectivity index (χ2n) is 12.2. The van der Waals surface area contributed by atoms with Gasteiger partial charge >= 0.3 is 0 Å². The van der Waals surface area contributed by atoms with E-state index in [1.165, 1.54) is 0 Å². The van der Waals surface area contributed by atoms with Crippen LogP contribution in [-0.2, 0) is 0 Å². The minimum atomic E-state index is -0.0390. The van der Waals surface area contributed by atoms with Gasteiger partial charge in [0.25, 0.3) is 5.56 Å². The number of benzene rings is 7. The Hall–Kier alpha value is -6.59. The molecule has 5 nitrogen and oxygen atoms in total. The fourth-order valence-corrected chi connectivity index (χ4v) is 7.40. The first kappa shape index (κ1) is 26.6. The third-order valence-electron chi connectivity index (χ3n) is 9.51. The molecular formula is C43H26N4O. The van der Waals surface area contributed by atoms with Crippen LogP contribution in [0.5, 0.6) is 0 Å². The summed E-state index contributed by atoms with van der Waals surface area (Å²) in [7, 11) is 0. The first-order valence-electron chi connectivity index (χ1n) is 16.1. The van der Waals surface area contributed by atoms with Gasteiger partial charge in [-0.25, -0.2) is 9.97 Å². The monoisotopic (exact) mass is 614 g/mol. The molecule has 10 aromatic rings. The minimum Gasteiger partial charge on any atom is -0.278 e. The van der Waals surface area contributed by atoms with Gasteiger partial charge < -0.3 is 0 Å². The van der Waals surface area contributed by atoms with E-state index in [9.17, 15) is 4.79 Å². The predicted molar refractivity (Wildman–Crippen MR) is 197 cm³/mol. The van der Waals surface area contributed by atoms with Crippen molar-refractivity contribution in [1.82, 2.24) is 19.1 Å². The topological polar surface area (TPSA) is 52.7 Å². The summed E-state index contributed by atoms with van der Waals surface area (Å²) in [4.78, 5) is 24.8. The molecule has 0 aliphatic carbocycles. The molecule has 0 bridgehead atoms. The summed E-state index contributed by atoms with van der Waals surface area (Å²) in [6, 6.07) is 53.5. The molecule has 5 heteroatoms. The van der Waals surface area contributed by atoms with Crippen molar-refractivity contribution < 1.29 is 0 Å². The summed E-state index contributed by atoms with van der Waals surface area (Å²) < 4.78 is 4.00. The molecule has 3 heterocycles. The molecule has 0 aliphatic heterocycles. The van der Waals surface area contributed by atoms with Crippen LogP contribution in [0.1, 0.15) is 0 Å². The highest BCUT2D eigenvalue weighted by atomic mass is 16.1. The first-order valence-corrected chi connectivity index (χ1v) is 16.1. The lowest BCUT2D eigenvalue weighted by Crippen LogP contribution is -2.19. The lowest BCUT2D eigenvalue weighted by atomic mass is 9.97. The summed E-state index contributed by atoms with van der Waals surface area (Å²) in [5.41, 5.74) is 6.50. The van der Waals surface area contributed by atoms with Crippen molar-refractivity contribution in [2.75, 3.05) is 0 Å². The van der Waals surface area contributed by atoms with Gasteiger partial charge in [0.1, 0.15) is 0 Å². The summed E-state index contributed by atoms with van der Waals surface area (Å²) in [6.45, 7) is 0. The average Bonchev–Trinajstić information content (AvgIpc) is 3.49. The highest BCUT2D eigenvalue weighted by molar-refractivity contribution is 6.24. The summed E-state index contributed by atoms with van der Waals surface area (Å²) >= 11 is 0. The van der Waals surface area contributed by atoms with Crippen LogP contribution >= 0.6 is 0 Å². The van der Waals surface area contributed by atoms with Crippen LogP contribution in [0.2, 0.25) is 0 Å². The SMILES string of the molecule is O=c1c2cc3c(ccc4c3c3ccccc3n4-c3nc(-c4ccccc4)c4ccccc4n3)cc2c2ccccc2n1-c1ccccc1. The van der Waals surface area contributed by atoms with Gasteiger partial charge in [-0.15, -0.1) is 0 Å². The number of rotatable bonds is 3. The van der Waals surface area contributed by atoms with Crippen molar-refractivity contribution in [2.24, 2.45) is 0 Å². The van der Waals surface area contributed by atoms with Gasteiger partial charge in [-0.1, -0.05) is 109 Å². The zero-order valence-corrected chi connectivity index (χ0v) is 25.7. The minimum absolute atomic E-state index is 0.0390. The van der Waals surface area contributed by atoms with E-state index in [1.54, 1.807) is 0 Å². The quantitative estimate of drug-likeness (QED) is 0.147. The average molecular weight is 615 g/mol. The third kappa shape index (κ3) is 3.82. The van der Waals surface area contributed by atoms with E-state index in [2.05, 4.69) is 77.4 Å². The number of hydrogen-bond acceptors (Lipinski definition) is 3. The number of fused-ring (bicyclic) bond motifs is 9.